The second-order valence-corrected chi connectivity index (χ2v) is 12.9. The number of carbonyl (C=O) groups excluding carboxylic acids is 2. The van der Waals surface area contributed by atoms with Gasteiger partial charge in [0.15, 0.2) is 0 Å². The summed E-state index contributed by atoms with van der Waals surface area (Å²) >= 11 is 9.69. The van der Waals surface area contributed by atoms with Gasteiger partial charge in [-0.25, -0.2) is 14.8 Å². The Morgan fingerprint density at radius 1 is 1.06 bits per heavy atom. The highest BCUT2D eigenvalue weighted by atomic mass is 79.9. The van der Waals surface area contributed by atoms with Gasteiger partial charge < -0.3 is 15.0 Å². The SMILES string of the molecule is CC1Cn2c(c(C(=O)NCc3ccccc3-c3ccncn3)n(-c3ccc(OC4CC4)cc3)c2=O)CN1C(=O)c1ccc(Br)c(Cl)c1. The van der Waals surface area contributed by atoms with E-state index in [2.05, 4.69) is 31.2 Å². The molecular weight excluding hydrogens is 684 g/mol. The smallest absolute Gasteiger partial charge is 0.333 e. The number of imidazole rings is 1. The molecule has 7 rings (SSSR count). The molecule has 1 unspecified atom stereocenters. The molecule has 1 atom stereocenters. The van der Waals surface area contributed by atoms with Gasteiger partial charge in [0.2, 0.25) is 0 Å². The van der Waals surface area contributed by atoms with Gasteiger partial charge in [-0.05, 0) is 89.8 Å². The van der Waals surface area contributed by atoms with Crippen LogP contribution in [-0.2, 0) is 19.6 Å². The van der Waals surface area contributed by atoms with E-state index in [1.807, 2.05) is 49.4 Å². The first-order valence-electron chi connectivity index (χ1n) is 15.3. The average Bonchev–Trinajstić information content (AvgIpc) is 3.87. The van der Waals surface area contributed by atoms with E-state index < -0.39 is 5.91 Å². The van der Waals surface area contributed by atoms with Crippen LogP contribution < -0.4 is 15.7 Å². The summed E-state index contributed by atoms with van der Waals surface area (Å²) in [6.45, 7) is 2.34. The fourth-order valence-corrected chi connectivity index (χ4v) is 6.27. The van der Waals surface area contributed by atoms with Gasteiger partial charge in [-0.3, -0.25) is 18.7 Å². The summed E-state index contributed by atoms with van der Waals surface area (Å²) in [5.41, 5.74) is 3.64. The van der Waals surface area contributed by atoms with Gasteiger partial charge in [0.1, 0.15) is 17.8 Å². The van der Waals surface area contributed by atoms with E-state index in [1.54, 1.807) is 46.0 Å². The molecule has 3 aromatic carbocycles. The van der Waals surface area contributed by atoms with Crippen molar-refractivity contribution < 1.29 is 14.3 Å². The topological polar surface area (TPSA) is 111 Å². The third kappa shape index (κ3) is 6.20. The molecule has 2 amide bonds. The van der Waals surface area contributed by atoms with Crippen molar-refractivity contribution in [3.63, 3.8) is 0 Å². The summed E-state index contributed by atoms with van der Waals surface area (Å²) in [5.74, 6) is 0.0181. The molecule has 0 saturated heterocycles. The van der Waals surface area contributed by atoms with Crippen molar-refractivity contribution in [1.29, 1.82) is 0 Å². The van der Waals surface area contributed by atoms with Crippen molar-refractivity contribution >= 4 is 39.3 Å². The fourth-order valence-electron chi connectivity index (χ4n) is 5.84. The Bertz CT molecular complexity index is 2040. The Kier molecular flexibility index (Phi) is 8.42. The van der Waals surface area contributed by atoms with Gasteiger partial charge in [-0.15, -0.1) is 0 Å². The Morgan fingerprint density at radius 2 is 1.85 bits per heavy atom. The lowest BCUT2D eigenvalue weighted by Crippen LogP contribution is -2.47. The van der Waals surface area contributed by atoms with Crippen LogP contribution in [0.2, 0.25) is 5.02 Å². The minimum Gasteiger partial charge on any atom is -0.490 e. The maximum Gasteiger partial charge on any atom is 0.333 e. The molecule has 0 radical (unpaired) electrons. The lowest BCUT2D eigenvalue weighted by Gasteiger charge is -2.34. The van der Waals surface area contributed by atoms with Gasteiger partial charge >= 0.3 is 5.69 Å². The summed E-state index contributed by atoms with van der Waals surface area (Å²) in [4.78, 5) is 52.1. The van der Waals surface area contributed by atoms with Crippen molar-refractivity contribution in [1.82, 2.24) is 29.3 Å². The van der Waals surface area contributed by atoms with E-state index in [1.165, 1.54) is 10.9 Å². The predicted molar refractivity (Wildman–Crippen MR) is 181 cm³/mol. The summed E-state index contributed by atoms with van der Waals surface area (Å²) in [7, 11) is 0. The average molecular weight is 714 g/mol. The van der Waals surface area contributed by atoms with Crippen LogP contribution in [0.1, 0.15) is 51.9 Å². The van der Waals surface area contributed by atoms with E-state index in [4.69, 9.17) is 16.3 Å². The lowest BCUT2D eigenvalue weighted by molar-refractivity contribution is 0.0610. The molecule has 12 heteroatoms. The number of nitrogens with zero attached hydrogens (tertiary/aromatic N) is 5. The second kappa shape index (κ2) is 12.8. The maximum atomic E-state index is 14.2. The summed E-state index contributed by atoms with van der Waals surface area (Å²) in [6.07, 6.45) is 5.42. The number of carbonyl (C=O) groups is 2. The highest BCUT2D eigenvalue weighted by Gasteiger charge is 2.35. The third-order valence-corrected chi connectivity index (χ3v) is 9.66. The molecule has 0 bridgehead atoms. The van der Waals surface area contributed by atoms with Crippen LogP contribution >= 0.6 is 27.5 Å². The van der Waals surface area contributed by atoms with E-state index in [9.17, 15) is 14.4 Å². The second-order valence-electron chi connectivity index (χ2n) is 11.7. The molecular formula is C35H30BrClN6O4. The van der Waals surface area contributed by atoms with Crippen molar-refractivity contribution in [2.75, 3.05) is 0 Å². The zero-order valence-electron chi connectivity index (χ0n) is 25.4. The van der Waals surface area contributed by atoms with Gasteiger partial charge in [0, 0.05) is 40.9 Å². The normalized spacial score (nSPS) is 15.6. The molecule has 10 nitrogen and oxygen atoms in total. The van der Waals surface area contributed by atoms with Crippen LogP contribution in [0.4, 0.5) is 0 Å². The van der Waals surface area contributed by atoms with Crippen molar-refractivity contribution in [2.24, 2.45) is 0 Å². The first-order valence-corrected chi connectivity index (χ1v) is 16.5. The minimum atomic E-state index is -0.444. The van der Waals surface area contributed by atoms with Gasteiger partial charge in [-0.1, -0.05) is 35.9 Å². The van der Waals surface area contributed by atoms with Crippen LogP contribution in [0.15, 0.2) is 94.6 Å². The zero-order chi connectivity index (χ0) is 32.7. The number of ether oxygens (including phenoxy) is 1. The maximum absolute atomic E-state index is 14.2. The van der Waals surface area contributed by atoms with Crippen LogP contribution in [0, 0.1) is 0 Å². The highest BCUT2D eigenvalue weighted by Crippen LogP contribution is 2.30. The highest BCUT2D eigenvalue weighted by molar-refractivity contribution is 9.10. The standard InChI is InChI=1S/C35H30BrClN6O4/c1-21-18-42-31(19-41(21)34(45)22-6-13-28(36)29(37)16-22)32(43(35(42)46)24-7-9-25(10-8-24)47-26-11-12-26)33(44)39-17-23-4-2-3-5-27(23)30-14-15-38-20-40-30/h2-10,13-16,20-21,26H,11-12,17-19H2,1H3,(H,39,44). The summed E-state index contributed by atoms with van der Waals surface area (Å²) in [6, 6.07) is 21.4. The molecule has 2 aliphatic rings. The van der Waals surface area contributed by atoms with Crippen LogP contribution in [0.5, 0.6) is 5.75 Å². The van der Waals surface area contributed by atoms with Gasteiger partial charge in [-0.2, -0.15) is 0 Å². The fraction of sp³-hybridized carbons (Fsp3) is 0.229. The molecule has 1 aliphatic carbocycles. The van der Waals surface area contributed by atoms with E-state index >= 15 is 0 Å². The Labute approximate surface area is 284 Å². The van der Waals surface area contributed by atoms with Crippen molar-refractivity contribution in [3.8, 4) is 22.7 Å². The number of nitrogens with one attached hydrogen (secondary N) is 1. The lowest BCUT2D eigenvalue weighted by atomic mass is 10.0. The van der Waals surface area contributed by atoms with Crippen LogP contribution in [-0.4, -0.2) is 48.0 Å². The Morgan fingerprint density at radius 3 is 2.57 bits per heavy atom. The first-order chi connectivity index (χ1) is 22.8. The minimum absolute atomic E-state index is 0.0546. The number of hydrogen-bond acceptors (Lipinski definition) is 6. The Balaban J connectivity index is 1.26. The summed E-state index contributed by atoms with van der Waals surface area (Å²) in [5, 5.41) is 3.46. The van der Waals surface area contributed by atoms with Gasteiger partial charge in [0.25, 0.3) is 11.8 Å². The van der Waals surface area contributed by atoms with Crippen LogP contribution in [0.3, 0.4) is 0 Å². The van der Waals surface area contributed by atoms with E-state index in [-0.39, 0.29) is 49.1 Å². The number of halogens is 2. The largest absolute Gasteiger partial charge is 0.490 e. The third-order valence-electron chi connectivity index (χ3n) is 8.42. The number of fused-ring (bicyclic) bond motifs is 1. The first kappa shape index (κ1) is 30.9. The van der Waals surface area contributed by atoms with E-state index in [0.29, 0.717) is 32.2 Å². The van der Waals surface area contributed by atoms with E-state index in [0.717, 1.165) is 29.7 Å². The van der Waals surface area contributed by atoms with Crippen molar-refractivity contribution in [2.45, 2.75) is 51.5 Å². The molecule has 2 aromatic heterocycles. The quantitative estimate of drug-likeness (QED) is 0.210. The van der Waals surface area contributed by atoms with Crippen LogP contribution in [0.25, 0.3) is 16.9 Å². The molecule has 1 fully saturated rings. The predicted octanol–water partition coefficient (Wildman–Crippen LogP) is 6.03. The summed E-state index contributed by atoms with van der Waals surface area (Å²) < 4.78 is 9.63. The monoisotopic (exact) mass is 712 g/mol. The molecule has 3 heterocycles. The molecule has 0 spiro atoms. The molecule has 1 saturated carbocycles. The van der Waals surface area contributed by atoms with Gasteiger partial charge in [0.05, 0.1) is 34.7 Å². The molecule has 5 aromatic rings. The molecule has 1 N–H and O–H groups in total. The van der Waals surface area contributed by atoms with Crippen molar-refractivity contribution in [3.05, 3.63) is 128 Å². The molecule has 238 valence electrons. The number of amides is 2. The zero-order valence-corrected chi connectivity index (χ0v) is 27.7. The Hall–Kier alpha value is -4.74. The number of aromatic nitrogens is 4. The molecule has 1 aliphatic heterocycles. The number of benzene rings is 3. The number of hydrogen-bond donors (Lipinski definition) is 1. The number of rotatable bonds is 8. The molecule has 47 heavy (non-hydrogen) atoms.